The lowest BCUT2D eigenvalue weighted by atomic mass is 10.4. The van der Waals surface area contributed by atoms with Gasteiger partial charge in [0.15, 0.2) is 0 Å². The van der Waals surface area contributed by atoms with Crippen LogP contribution < -0.4 is 0 Å². The summed E-state index contributed by atoms with van der Waals surface area (Å²) in [6.07, 6.45) is 0. The molecule has 1 aromatic rings. The fourth-order valence-corrected chi connectivity index (χ4v) is 3.67. The van der Waals surface area contributed by atoms with Crippen molar-refractivity contribution in [2.75, 3.05) is 11.5 Å². The van der Waals surface area contributed by atoms with Gasteiger partial charge in [0.1, 0.15) is 10.9 Å². The molecule has 1 aromatic heterocycles. The topological polar surface area (TPSA) is 40.5 Å². The zero-order chi connectivity index (χ0) is 11.3. The summed E-state index contributed by atoms with van der Waals surface area (Å²) < 4.78 is 0. The summed E-state index contributed by atoms with van der Waals surface area (Å²) in [5.41, 5.74) is -0.903. The van der Waals surface area contributed by atoms with Crippen LogP contribution >= 0.6 is 34.9 Å². The third-order valence-corrected chi connectivity index (χ3v) is 5.08. The van der Waals surface area contributed by atoms with Crippen LogP contribution in [0.15, 0.2) is 12.1 Å². The van der Waals surface area contributed by atoms with Crippen LogP contribution in [0.4, 0.5) is 0 Å². The molecule has 0 spiro atoms. The molecule has 2 nitrogen and oxygen atoms in total. The normalized spacial score (nSPS) is 15.2. The quantitative estimate of drug-likeness (QED) is 0.774. The van der Waals surface area contributed by atoms with Crippen molar-refractivity contribution in [3.8, 4) is 0 Å². The predicted octanol–water partition coefficient (Wildman–Crippen LogP) is 3.24. The van der Waals surface area contributed by atoms with Crippen molar-refractivity contribution in [2.45, 2.75) is 24.7 Å². The fourth-order valence-electron chi connectivity index (χ4n) is 1.11. The molecule has 86 valence electrons. The average Bonchev–Trinajstić information content (AvgIpc) is 2.67. The van der Waals surface area contributed by atoms with Gasteiger partial charge in [0, 0.05) is 9.75 Å². The molecule has 0 aliphatic rings. The van der Waals surface area contributed by atoms with E-state index in [4.69, 9.17) is 0 Å². The number of hydrogen-bond donors (Lipinski definition) is 2. The third-order valence-electron chi connectivity index (χ3n) is 1.78. The van der Waals surface area contributed by atoms with E-state index in [9.17, 15) is 10.2 Å². The molecule has 0 aliphatic heterocycles. The number of thioether (sulfide) groups is 2. The summed E-state index contributed by atoms with van der Waals surface area (Å²) in [5.74, 6) is 1.78. The van der Waals surface area contributed by atoms with E-state index >= 15 is 0 Å². The van der Waals surface area contributed by atoms with Gasteiger partial charge >= 0.3 is 0 Å². The van der Waals surface area contributed by atoms with Crippen LogP contribution in [-0.2, 0) is 0 Å². The highest BCUT2D eigenvalue weighted by molar-refractivity contribution is 7.99. The van der Waals surface area contributed by atoms with Gasteiger partial charge in [0.25, 0.3) is 0 Å². The van der Waals surface area contributed by atoms with Gasteiger partial charge in [-0.2, -0.15) is 0 Å². The van der Waals surface area contributed by atoms with Gasteiger partial charge in [-0.05, 0) is 23.6 Å². The minimum absolute atomic E-state index is 0.451. The summed E-state index contributed by atoms with van der Waals surface area (Å²) in [4.78, 5) is 1.85. The molecule has 0 aliphatic carbocycles. The Balaban J connectivity index is 2.62. The van der Waals surface area contributed by atoms with Crippen molar-refractivity contribution < 1.29 is 10.2 Å². The Kier molecular flexibility index (Phi) is 6.07. The first-order valence-corrected chi connectivity index (χ1v) is 7.79. The van der Waals surface area contributed by atoms with Gasteiger partial charge in [0.2, 0.25) is 0 Å². The SMILES string of the molecule is CCSC(O)c1ccc(C(O)SCC)s1. The van der Waals surface area contributed by atoms with Gasteiger partial charge in [-0.25, -0.2) is 0 Å². The highest BCUT2D eigenvalue weighted by atomic mass is 32.2. The van der Waals surface area contributed by atoms with Crippen LogP contribution in [0, 0.1) is 0 Å². The number of thiophene rings is 1. The summed E-state index contributed by atoms with van der Waals surface area (Å²) in [7, 11) is 0. The summed E-state index contributed by atoms with van der Waals surface area (Å²) >= 11 is 4.49. The van der Waals surface area contributed by atoms with Gasteiger partial charge in [0.05, 0.1) is 0 Å². The Morgan fingerprint density at radius 2 is 1.47 bits per heavy atom. The van der Waals surface area contributed by atoms with Crippen LogP contribution in [0.2, 0.25) is 0 Å². The zero-order valence-corrected chi connectivity index (χ0v) is 11.3. The van der Waals surface area contributed by atoms with Crippen molar-refractivity contribution in [3.05, 3.63) is 21.9 Å². The number of rotatable bonds is 6. The molecular weight excluding hydrogens is 248 g/mol. The van der Waals surface area contributed by atoms with Gasteiger partial charge in [-0.3, -0.25) is 0 Å². The molecule has 0 saturated carbocycles. The molecule has 0 fully saturated rings. The van der Waals surface area contributed by atoms with E-state index in [2.05, 4.69) is 0 Å². The molecule has 0 aromatic carbocycles. The average molecular weight is 264 g/mol. The van der Waals surface area contributed by atoms with Crippen LogP contribution in [-0.4, -0.2) is 21.7 Å². The van der Waals surface area contributed by atoms with E-state index in [1.165, 1.54) is 34.9 Å². The van der Waals surface area contributed by atoms with Gasteiger partial charge in [-0.1, -0.05) is 13.8 Å². The Labute approximate surface area is 103 Å². The number of aliphatic hydroxyl groups is 2. The second-order valence-corrected chi connectivity index (χ2v) is 6.72. The molecule has 0 radical (unpaired) electrons. The molecule has 15 heavy (non-hydrogen) atoms. The molecule has 0 bridgehead atoms. The van der Waals surface area contributed by atoms with Crippen LogP contribution in [0.25, 0.3) is 0 Å². The van der Waals surface area contributed by atoms with E-state index in [-0.39, 0.29) is 0 Å². The second-order valence-electron chi connectivity index (χ2n) is 2.86. The molecule has 2 N–H and O–H groups in total. The Bertz CT molecular complexity index is 261. The fraction of sp³-hybridized carbons (Fsp3) is 0.600. The first kappa shape index (κ1) is 13.4. The summed E-state index contributed by atoms with van der Waals surface area (Å²) in [6.45, 7) is 4.04. The van der Waals surface area contributed by atoms with E-state index in [0.717, 1.165) is 21.3 Å². The zero-order valence-electron chi connectivity index (χ0n) is 8.84. The van der Waals surface area contributed by atoms with Crippen LogP contribution in [0.3, 0.4) is 0 Å². The standard InChI is InChI=1S/C10H16O2S3/c1-3-13-9(11)7-5-6-8(15-7)10(12)14-4-2/h5-6,9-12H,3-4H2,1-2H3. The Hall–Kier alpha value is 0.320. The highest BCUT2D eigenvalue weighted by Gasteiger charge is 2.14. The molecule has 0 saturated heterocycles. The van der Waals surface area contributed by atoms with Crippen molar-refractivity contribution in [3.63, 3.8) is 0 Å². The van der Waals surface area contributed by atoms with Gasteiger partial charge in [-0.15, -0.1) is 34.9 Å². The van der Waals surface area contributed by atoms with E-state index < -0.39 is 10.9 Å². The van der Waals surface area contributed by atoms with Crippen molar-refractivity contribution in [1.29, 1.82) is 0 Å². The molecule has 1 rings (SSSR count). The lowest BCUT2D eigenvalue weighted by Crippen LogP contribution is -1.89. The van der Waals surface area contributed by atoms with Crippen molar-refractivity contribution >= 4 is 34.9 Å². The first-order chi connectivity index (χ1) is 7.19. The summed E-state index contributed by atoms with van der Waals surface area (Å²) in [6, 6.07) is 3.79. The number of hydrogen-bond acceptors (Lipinski definition) is 5. The third kappa shape index (κ3) is 4.00. The molecule has 1 heterocycles. The smallest absolute Gasteiger partial charge is 0.134 e. The van der Waals surface area contributed by atoms with E-state index in [1.807, 2.05) is 26.0 Å². The Morgan fingerprint density at radius 3 is 1.80 bits per heavy atom. The van der Waals surface area contributed by atoms with E-state index in [0.29, 0.717) is 0 Å². The van der Waals surface area contributed by atoms with Crippen molar-refractivity contribution in [1.82, 2.24) is 0 Å². The second kappa shape index (κ2) is 6.81. The monoisotopic (exact) mass is 264 g/mol. The molecule has 5 heteroatoms. The van der Waals surface area contributed by atoms with Crippen LogP contribution in [0.5, 0.6) is 0 Å². The molecular formula is C10H16O2S3. The molecule has 2 unspecified atom stereocenters. The minimum atomic E-state index is -0.451. The maximum atomic E-state index is 9.73. The molecule has 0 amide bonds. The summed E-state index contributed by atoms with van der Waals surface area (Å²) in [5, 5.41) is 19.5. The minimum Gasteiger partial charge on any atom is -0.377 e. The van der Waals surface area contributed by atoms with Crippen LogP contribution in [0.1, 0.15) is 34.5 Å². The first-order valence-electron chi connectivity index (χ1n) is 4.88. The Morgan fingerprint density at radius 1 is 1.07 bits per heavy atom. The lowest BCUT2D eigenvalue weighted by Gasteiger charge is -2.07. The predicted molar refractivity (Wildman–Crippen MR) is 70.5 cm³/mol. The highest BCUT2D eigenvalue weighted by Crippen LogP contribution is 2.36. The maximum absolute atomic E-state index is 9.73. The maximum Gasteiger partial charge on any atom is 0.134 e. The van der Waals surface area contributed by atoms with Gasteiger partial charge < -0.3 is 10.2 Å². The number of aliphatic hydroxyl groups excluding tert-OH is 2. The van der Waals surface area contributed by atoms with Crippen molar-refractivity contribution in [2.24, 2.45) is 0 Å². The largest absolute Gasteiger partial charge is 0.377 e. The van der Waals surface area contributed by atoms with E-state index in [1.54, 1.807) is 0 Å². The lowest BCUT2D eigenvalue weighted by molar-refractivity contribution is 0.273. The molecule has 2 atom stereocenters.